The minimum atomic E-state index is -0.680. The molecule has 0 atom stereocenters. The predicted molar refractivity (Wildman–Crippen MR) is 136 cm³/mol. The van der Waals surface area contributed by atoms with E-state index in [1.807, 2.05) is 24.3 Å². The topological polar surface area (TPSA) is 71.3 Å². The molecule has 7 nitrogen and oxygen atoms in total. The summed E-state index contributed by atoms with van der Waals surface area (Å²) in [5, 5.41) is 7.97. The number of hydrogen-bond acceptors (Lipinski definition) is 5. The van der Waals surface area contributed by atoms with Crippen molar-refractivity contribution in [1.29, 1.82) is 0 Å². The van der Waals surface area contributed by atoms with Crippen LogP contribution in [0.4, 0.5) is 8.78 Å². The molecule has 4 aromatic rings. The fraction of sp³-hybridized carbons (Fsp3) is 0.172. The molecule has 2 aliphatic rings. The van der Waals surface area contributed by atoms with E-state index in [1.54, 1.807) is 24.3 Å². The molecule has 0 spiro atoms. The van der Waals surface area contributed by atoms with Gasteiger partial charge in [-0.15, -0.1) is 5.10 Å². The molecule has 3 heterocycles. The summed E-state index contributed by atoms with van der Waals surface area (Å²) in [7, 11) is 0. The van der Waals surface area contributed by atoms with Crippen LogP contribution in [-0.4, -0.2) is 49.7 Å². The lowest BCUT2D eigenvalue weighted by Crippen LogP contribution is -2.29. The molecule has 6 rings (SSSR count). The molecular formula is C29H23F2N5O2. The summed E-state index contributed by atoms with van der Waals surface area (Å²) < 4.78 is 31.6. The van der Waals surface area contributed by atoms with Crippen molar-refractivity contribution >= 4 is 17.4 Å². The second kappa shape index (κ2) is 9.75. The lowest BCUT2D eigenvalue weighted by Gasteiger charge is -2.27. The molecule has 3 aromatic carbocycles. The van der Waals surface area contributed by atoms with Gasteiger partial charge >= 0.3 is 0 Å². The molecule has 0 aliphatic carbocycles. The molecule has 0 saturated heterocycles. The number of carbonyl (C=O) groups is 2. The number of benzene rings is 3. The second-order valence-corrected chi connectivity index (χ2v) is 9.38. The molecule has 0 fully saturated rings. The minimum absolute atomic E-state index is 0.0283. The van der Waals surface area contributed by atoms with Gasteiger partial charge in [0.2, 0.25) is 0 Å². The summed E-state index contributed by atoms with van der Waals surface area (Å²) in [5.74, 6) is -2.19. The Morgan fingerprint density at radius 1 is 0.842 bits per heavy atom. The summed E-state index contributed by atoms with van der Waals surface area (Å²) in [6, 6.07) is 19.1. The molecule has 38 heavy (non-hydrogen) atoms. The summed E-state index contributed by atoms with van der Waals surface area (Å²) in [5.41, 5.74) is 2.96. The van der Waals surface area contributed by atoms with Crippen LogP contribution in [0.5, 0.6) is 0 Å². The van der Waals surface area contributed by atoms with Crippen LogP contribution in [0.3, 0.4) is 0 Å². The van der Waals surface area contributed by atoms with E-state index in [1.165, 1.54) is 28.6 Å². The first-order valence-corrected chi connectivity index (χ1v) is 12.3. The number of aromatic nitrogens is 3. The number of amides is 2. The number of imide groups is 1. The molecule has 1 aromatic heterocycles. The summed E-state index contributed by atoms with van der Waals surface area (Å²) >= 11 is 0. The van der Waals surface area contributed by atoms with Gasteiger partial charge < -0.3 is 0 Å². The molecular weight excluding hydrogens is 488 g/mol. The van der Waals surface area contributed by atoms with Gasteiger partial charge in [-0.1, -0.05) is 53.8 Å². The smallest absolute Gasteiger partial charge is 0.261 e. The lowest BCUT2D eigenvalue weighted by atomic mass is 9.97. The van der Waals surface area contributed by atoms with Crippen LogP contribution in [0.25, 0.3) is 11.3 Å². The maximum absolute atomic E-state index is 15.2. The van der Waals surface area contributed by atoms with Crippen LogP contribution in [0.2, 0.25) is 0 Å². The highest BCUT2D eigenvalue weighted by molar-refractivity contribution is 6.21. The molecule has 0 saturated carbocycles. The summed E-state index contributed by atoms with van der Waals surface area (Å²) in [6.07, 6.45) is 3.87. The third-order valence-corrected chi connectivity index (χ3v) is 6.89. The van der Waals surface area contributed by atoms with Crippen LogP contribution in [0, 0.1) is 11.6 Å². The SMILES string of the molecule is O=C1c2ccccc2C(=O)N1Cc1cn(-c2cc(F)c(C3=CCN(Cc4ccccc4)CC3)c(F)c2)nn1. The largest absolute Gasteiger partial charge is 0.295 e. The Morgan fingerprint density at radius 3 is 2.13 bits per heavy atom. The standard InChI is InChI=1S/C29H23F2N5O2/c30-25-14-22(15-26(31)27(25)20-10-12-34(13-11-20)16-19-6-2-1-3-7-19)36-18-21(32-33-36)17-35-28(37)23-8-4-5-9-24(23)29(35)38/h1-10,14-15,18H,11-13,16-17H2. The molecule has 2 amide bonds. The molecule has 0 radical (unpaired) electrons. The van der Waals surface area contributed by atoms with Crippen molar-refractivity contribution in [3.8, 4) is 5.69 Å². The van der Waals surface area contributed by atoms with E-state index >= 15 is 8.78 Å². The molecule has 0 bridgehead atoms. The highest BCUT2D eigenvalue weighted by Gasteiger charge is 2.35. The highest BCUT2D eigenvalue weighted by atomic mass is 19.1. The number of carbonyl (C=O) groups excluding carboxylic acids is 2. The first-order valence-electron chi connectivity index (χ1n) is 12.3. The molecule has 9 heteroatoms. The zero-order chi connectivity index (χ0) is 26.2. The fourth-order valence-corrected chi connectivity index (χ4v) is 4.96. The lowest BCUT2D eigenvalue weighted by molar-refractivity contribution is 0.0640. The molecule has 0 unspecified atom stereocenters. The van der Waals surface area contributed by atoms with Gasteiger partial charge in [-0.2, -0.15) is 0 Å². The zero-order valence-corrected chi connectivity index (χ0v) is 20.3. The Balaban J connectivity index is 1.17. The second-order valence-electron chi connectivity index (χ2n) is 9.38. The Bertz CT molecular complexity index is 1520. The van der Waals surface area contributed by atoms with Crippen LogP contribution < -0.4 is 0 Å². The van der Waals surface area contributed by atoms with Gasteiger partial charge in [0.1, 0.15) is 17.3 Å². The average Bonchev–Trinajstić information content (AvgIpc) is 3.49. The van der Waals surface area contributed by atoms with Gasteiger partial charge in [0.15, 0.2) is 0 Å². The summed E-state index contributed by atoms with van der Waals surface area (Å²) in [6.45, 7) is 1.99. The number of hydrogen-bond donors (Lipinski definition) is 0. The Kier molecular flexibility index (Phi) is 6.13. The van der Waals surface area contributed by atoms with E-state index in [0.717, 1.165) is 11.4 Å². The van der Waals surface area contributed by atoms with Crippen molar-refractivity contribution in [2.45, 2.75) is 19.5 Å². The van der Waals surface area contributed by atoms with E-state index in [-0.39, 0.29) is 17.8 Å². The number of fused-ring (bicyclic) bond motifs is 1. The van der Waals surface area contributed by atoms with Crippen LogP contribution in [-0.2, 0) is 13.1 Å². The maximum atomic E-state index is 15.2. The first-order chi connectivity index (χ1) is 18.5. The monoisotopic (exact) mass is 511 g/mol. The van der Waals surface area contributed by atoms with E-state index in [9.17, 15) is 9.59 Å². The van der Waals surface area contributed by atoms with Gasteiger partial charge in [0.05, 0.1) is 29.6 Å². The zero-order valence-electron chi connectivity index (χ0n) is 20.3. The number of halogens is 2. The van der Waals surface area contributed by atoms with Crippen molar-refractivity contribution in [1.82, 2.24) is 24.8 Å². The van der Waals surface area contributed by atoms with Crippen LogP contribution in [0.15, 0.2) is 79.0 Å². The van der Waals surface area contributed by atoms with Gasteiger partial charge in [-0.05, 0) is 29.7 Å². The van der Waals surface area contributed by atoms with E-state index in [2.05, 4.69) is 27.3 Å². The van der Waals surface area contributed by atoms with Crippen molar-refractivity contribution in [2.24, 2.45) is 0 Å². The van der Waals surface area contributed by atoms with E-state index in [4.69, 9.17) is 0 Å². The van der Waals surface area contributed by atoms with Crippen molar-refractivity contribution in [3.05, 3.63) is 119 Å². The maximum Gasteiger partial charge on any atom is 0.261 e. The van der Waals surface area contributed by atoms with E-state index in [0.29, 0.717) is 41.9 Å². The third-order valence-electron chi connectivity index (χ3n) is 6.89. The van der Waals surface area contributed by atoms with Crippen molar-refractivity contribution in [2.75, 3.05) is 13.1 Å². The van der Waals surface area contributed by atoms with Crippen LogP contribution in [0.1, 0.15) is 44.0 Å². The normalized spacial score (nSPS) is 15.6. The average molecular weight is 512 g/mol. The van der Waals surface area contributed by atoms with Gasteiger partial charge in [-0.25, -0.2) is 13.5 Å². The molecule has 0 N–H and O–H groups in total. The van der Waals surface area contributed by atoms with Gasteiger partial charge in [-0.3, -0.25) is 19.4 Å². The van der Waals surface area contributed by atoms with Crippen LogP contribution >= 0.6 is 0 Å². The quantitative estimate of drug-likeness (QED) is 0.353. The number of rotatable bonds is 6. The summed E-state index contributed by atoms with van der Waals surface area (Å²) in [4.78, 5) is 28.6. The minimum Gasteiger partial charge on any atom is -0.295 e. The van der Waals surface area contributed by atoms with Crippen molar-refractivity contribution in [3.63, 3.8) is 0 Å². The van der Waals surface area contributed by atoms with Gasteiger partial charge in [0.25, 0.3) is 11.8 Å². The van der Waals surface area contributed by atoms with Gasteiger partial charge in [0, 0.05) is 37.3 Å². The highest BCUT2D eigenvalue weighted by Crippen LogP contribution is 2.30. The fourth-order valence-electron chi connectivity index (χ4n) is 4.96. The third kappa shape index (κ3) is 4.41. The molecule has 2 aliphatic heterocycles. The Morgan fingerprint density at radius 2 is 1.50 bits per heavy atom. The van der Waals surface area contributed by atoms with E-state index < -0.39 is 23.4 Å². The first kappa shape index (κ1) is 23.9. The number of nitrogens with zero attached hydrogens (tertiary/aromatic N) is 5. The Labute approximate surface area is 217 Å². The predicted octanol–water partition coefficient (Wildman–Crippen LogP) is 4.63. The molecule has 190 valence electrons. The Hall–Kier alpha value is -4.50. The van der Waals surface area contributed by atoms with Crippen molar-refractivity contribution < 1.29 is 18.4 Å².